The van der Waals surface area contributed by atoms with Crippen LogP contribution in [-0.2, 0) is 23.8 Å². The van der Waals surface area contributed by atoms with E-state index in [1.54, 1.807) is 13.8 Å². The molecule has 0 aromatic carbocycles. The first kappa shape index (κ1) is 19.7. The molecule has 2 aliphatic carbocycles. The summed E-state index contributed by atoms with van der Waals surface area (Å²) >= 11 is 0. The average Bonchev–Trinajstić information content (AvgIpc) is 2.58. The van der Waals surface area contributed by atoms with E-state index in [0.717, 1.165) is 51.4 Å². The maximum Gasteiger partial charge on any atom is 0.333 e. The van der Waals surface area contributed by atoms with Gasteiger partial charge in [-0.15, -0.1) is 0 Å². The molecule has 2 fully saturated rings. The molecule has 0 aliphatic heterocycles. The summed E-state index contributed by atoms with van der Waals surface area (Å²) in [5.41, 5.74) is 0.893. The smallest absolute Gasteiger partial charge is 0.333 e. The molecule has 0 radical (unpaired) electrons. The lowest BCUT2D eigenvalue weighted by Gasteiger charge is -2.34. The number of carbonyl (C=O) groups is 2. The monoisotopic (exact) mass is 350 g/mol. The van der Waals surface area contributed by atoms with E-state index in [-0.39, 0.29) is 36.4 Å². The summed E-state index contributed by atoms with van der Waals surface area (Å²) < 4.78 is 17.0. The summed E-state index contributed by atoms with van der Waals surface area (Å²) in [6.45, 7) is 10.6. The largest absolute Gasteiger partial charge is 0.459 e. The highest BCUT2D eigenvalue weighted by Crippen LogP contribution is 2.30. The molecule has 0 saturated heterocycles. The second-order valence-electron chi connectivity index (χ2n) is 7.30. The lowest BCUT2D eigenvalue weighted by Crippen LogP contribution is -2.34. The van der Waals surface area contributed by atoms with E-state index >= 15 is 0 Å². The van der Waals surface area contributed by atoms with Gasteiger partial charge >= 0.3 is 11.9 Å². The maximum absolute atomic E-state index is 11.6. The van der Waals surface area contributed by atoms with Crippen LogP contribution in [0.3, 0.4) is 0 Å². The number of ether oxygens (including phenoxy) is 3. The Kier molecular flexibility index (Phi) is 7.24. The lowest BCUT2D eigenvalue weighted by atomic mass is 9.92. The zero-order valence-electron chi connectivity index (χ0n) is 15.4. The highest BCUT2D eigenvalue weighted by Gasteiger charge is 2.29. The molecule has 0 atom stereocenters. The molecule has 0 spiro atoms. The van der Waals surface area contributed by atoms with Crippen molar-refractivity contribution in [2.45, 2.75) is 89.6 Å². The third-order valence-corrected chi connectivity index (χ3v) is 4.87. The first-order chi connectivity index (χ1) is 11.8. The van der Waals surface area contributed by atoms with Crippen LogP contribution in [0.4, 0.5) is 0 Å². The topological polar surface area (TPSA) is 61.8 Å². The van der Waals surface area contributed by atoms with Gasteiger partial charge in [-0.1, -0.05) is 13.2 Å². The molecule has 0 aromatic rings. The van der Waals surface area contributed by atoms with Crippen LogP contribution in [-0.4, -0.2) is 36.4 Å². The molecule has 140 valence electrons. The van der Waals surface area contributed by atoms with Crippen molar-refractivity contribution in [3.63, 3.8) is 0 Å². The fraction of sp³-hybridized carbons (Fsp3) is 0.700. The van der Waals surface area contributed by atoms with Crippen LogP contribution in [0.2, 0.25) is 0 Å². The summed E-state index contributed by atoms with van der Waals surface area (Å²) in [7, 11) is 0. The first-order valence-corrected chi connectivity index (χ1v) is 9.23. The van der Waals surface area contributed by atoms with Crippen LogP contribution in [0.15, 0.2) is 24.3 Å². The number of hydrogen-bond donors (Lipinski definition) is 0. The number of esters is 2. The van der Waals surface area contributed by atoms with Gasteiger partial charge in [0.1, 0.15) is 12.2 Å². The molecule has 0 unspecified atom stereocenters. The predicted octanol–water partition coefficient (Wildman–Crippen LogP) is 3.86. The fourth-order valence-electron chi connectivity index (χ4n) is 3.35. The highest BCUT2D eigenvalue weighted by atomic mass is 16.5. The van der Waals surface area contributed by atoms with Gasteiger partial charge in [-0.25, -0.2) is 9.59 Å². The zero-order chi connectivity index (χ0) is 18.4. The van der Waals surface area contributed by atoms with Crippen molar-refractivity contribution < 1.29 is 23.8 Å². The molecule has 0 bridgehead atoms. The Morgan fingerprint density at radius 2 is 0.920 bits per heavy atom. The maximum atomic E-state index is 11.6. The van der Waals surface area contributed by atoms with E-state index < -0.39 is 0 Å². The van der Waals surface area contributed by atoms with Gasteiger partial charge in [0.25, 0.3) is 0 Å². The fourth-order valence-corrected chi connectivity index (χ4v) is 3.35. The standard InChI is InChI=1S/C20H30O5/c1-13(2)19(21)24-17-9-5-15(6-10-17)23-16-7-11-18(12-8-16)25-20(22)14(3)4/h15-18H,1,3,5-12H2,2,4H3. The van der Waals surface area contributed by atoms with Crippen molar-refractivity contribution >= 4 is 11.9 Å². The minimum Gasteiger partial charge on any atom is -0.459 e. The molecule has 5 nitrogen and oxygen atoms in total. The average molecular weight is 350 g/mol. The second-order valence-corrected chi connectivity index (χ2v) is 7.30. The molecule has 5 heteroatoms. The third kappa shape index (κ3) is 6.31. The van der Waals surface area contributed by atoms with E-state index in [2.05, 4.69) is 13.2 Å². The van der Waals surface area contributed by atoms with Gasteiger partial charge in [0.05, 0.1) is 12.2 Å². The van der Waals surface area contributed by atoms with Gasteiger partial charge in [0.15, 0.2) is 0 Å². The van der Waals surface area contributed by atoms with E-state index in [9.17, 15) is 9.59 Å². The van der Waals surface area contributed by atoms with Crippen molar-refractivity contribution in [3.05, 3.63) is 24.3 Å². The van der Waals surface area contributed by atoms with Crippen LogP contribution in [0.1, 0.15) is 65.2 Å². The molecule has 2 rings (SSSR count). The number of rotatable bonds is 6. The van der Waals surface area contributed by atoms with Gasteiger partial charge in [0, 0.05) is 11.1 Å². The molecule has 25 heavy (non-hydrogen) atoms. The van der Waals surface area contributed by atoms with Crippen LogP contribution >= 0.6 is 0 Å². The predicted molar refractivity (Wildman–Crippen MR) is 95.0 cm³/mol. The van der Waals surface area contributed by atoms with E-state index in [1.165, 1.54) is 0 Å². The lowest BCUT2D eigenvalue weighted by molar-refractivity contribution is -0.150. The van der Waals surface area contributed by atoms with Gasteiger partial charge in [0.2, 0.25) is 0 Å². The van der Waals surface area contributed by atoms with Crippen LogP contribution in [0, 0.1) is 0 Å². The Hall–Kier alpha value is -1.62. The molecule has 2 aliphatic rings. The number of carbonyl (C=O) groups excluding carboxylic acids is 2. The molecule has 0 N–H and O–H groups in total. The van der Waals surface area contributed by atoms with E-state index in [1.807, 2.05) is 0 Å². The van der Waals surface area contributed by atoms with Gasteiger partial charge in [-0.05, 0) is 65.2 Å². The Morgan fingerprint density at radius 1 is 0.640 bits per heavy atom. The molecular weight excluding hydrogens is 320 g/mol. The summed E-state index contributed by atoms with van der Waals surface area (Å²) in [5, 5.41) is 0. The molecule has 0 aromatic heterocycles. The van der Waals surface area contributed by atoms with Gasteiger partial charge in [-0.2, -0.15) is 0 Å². The van der Waals surface area contributed by atoms with E-state index in [0.29, 0.717) is 11.1 Å². The first-order valence-electron chi connectivity index (χ1n) is 9.23. The SMILES string of the molecule is C=C(C)C(=O)OC1CCC(OC2CCC(OC(=O)C(=C)C)CC2)CC1. The van der Waals surface area contributed by atoms with Gasteiger partial charge < -0.3 is 14.2 Å². The number of hydrogen-bond acceptors (Lipinski definition) is 5. The minimum atomic E-state index is -0.299. The normalized spacial score (nSPS) is 29.5. The van der Waals surface area contributed by atoms with Crippen molar-refractivity contribution in [2.75, 3.05) is 0 Å². The van der Waals surface area contributed by atoms with Gasteiger partial charge in [-0.3, -0.25) is 0 Å². The highest BCUT2D eigenvalue weighted by molar-refractivity contribution is 5.87. The zero-order valence-corrected chi connectivity index (χ0v) is 15.4. The Bertz CT molecular complexity index is 462. The van der Waals surface area contributed by atoms with Crippen molar-refractivity contribution in [1.82, 2.24) is 0 Å². The summed E-state index contributed by atoms with van der Waals surface area (Å²) in [6.07, 6.45) is 7.48. The molecule has 0 heterocycles. The third-order valence-electron chi connectivity index (χ3n) is 4.87. The van der Waals surface area contributed by atoms with Crippen molar-refractivity contribution in [3.8, 4) is 0 Å². The Morgan fingerprint density at radius 3 is 1.20 bits per heavy atom. The Balaban J connectivity index is 1.65. The minimum absolute atomic E-state index is 0.0126. The van der Waals surface area contributed by atoms with Crippen LogP contribution in [0.25, 0.3) is 0 Å². The molecular formula is C20H30O5. The second kappa shape index (κ2) is 9.18. The quantitative estimate of drug-likeness (QED) is 0.538. The summed E-state index contributed by atoms with van der Waals surface area (Å²) in [5.74, 6) is -0.598. The van der Waals surface area contributed by atoms with Crippen LogP contribution < -0.4 is 0 Å². The van der Waals surface area contributed by atoms with E-state index in [4.69, 9.17) is 14.2 Å². The summed E-state index contributed by atoms with van der Waals surface area (Å²) in [6, 6.07) is 0. The molecule has 2 saturated carbocycles. The summed E-state index contributed by atoms with van der Waals surface area (Å²) in [4.78, 5) is 23.1. The van der Waals surface area contributed by atoms with Crippen molar-refractivity contribution in [2.24, 2.45) is 0 Å². The molecule has 0 amide bonds. The van der Waals surface area contributed by atoms with Crippen LogP contribution in [0.5, 0.6) is 0 Å². The van der Waals surface area contributed by atoms with Crippen molar-refractivity contribution in [1.29, 1.82) is 0 Å². The Labute approximate surface area is 150 Å².